The second kappa shape index (κ2) is 11.3. The van der Waals surface area contributed by atoms with Crippen LogP contribution >= 0.6 is 24.0 Å². The number of aliphatic imine (C=N–C) groups is 1. The van der Waals surface area contributed by atoms with Crippen LogP contribution in [0.1, 0.15) is 40.0 Å². The highest BCUT2D eigenvalue weighted by Gasteiger charge is 2.15. The third kappa shape index (κ3) is 8.66. The molecule has 0 aromatic rings. The minimum atomic E-state index is 0. The first kappa shape index (κ1) is 20.7. The fraction of sp³-hybridized carbons (Fsp3) is 0.812. The summed E-state index contributed by atoms with van der Waals surface area (Å²) < 4.78 is 0. The minimum absolute atomic E-state index is 0. The molecule has 1 rings (SSSR count). The van der Waals surface area contributed by atoms with Crippen LogP contribution in [0.15, 0.2) is 17.1 Å². The Kier molecular flexibility index (Phi) is 11.1. The first-order valence-corrected chi connectivity index (χ1v) is 7.89. The maximum atomic E-state index is 4.78. The number of rotatable bonds is 7. The highest BCUT2D eigenvalue weighted by molar-refractivity contribution is 14.0. The predicted molar refractivity (Wildman–Crippen MR) is 104 cm³/mol. The van der Waals surface area contributed by atoms with Crippen LogP contribution in [-0.2, 0) is 0 Å². The zero-order valence-electron chi connectivity index (χ0n) is 14.2. The van der Waals surface area contributed by atoms with Crippen LogP contribution in [0.5, 0.6) is 0 Å². The summed E-state index contributed by atoms with van der Waals surface area (Å²) in [6, 6.07) is 1.02. The topological polar surface area (TPSA) is 39.7 Å². The second-order valence-corrected chi connectivity index (χ2v) is 6.25. The third-order valence-electron chi connectivity index (χ3n) is 3.63. The van der Waals surface area contributed by atoms with Gasteiger partial charge in [0, 0.05) is 18.6 Å². The fourth-order valence-corrected chi connectivity index (χ4v) is 2.44. The van der Waals surface area contributed by atoms with Crippen molar-refractivity contribution in [2.75, 3.05) is 27.2 Å². The van der Waals surface area contributed by atoms with Crippen molar-refractivity contribution in [3.63, 3.8) is 0 Å². The fourth-order valence-electron chi connectivity index (χ4n) is 2.44. The first-order chi connectivity index (χ1) is 9.52. The molecule has 1 aliphatic carbocycles. The van der Waals surface area contributed by atoms with E-state index in [0.717, 1.165) is 31.9 Å². The Labute approximate surface area is 147 Å². The van der Waals surface area contributed by atoms with E-state index in [2.05, 4.69) is 62.6 Å². The number of hydrogen-bond acceptors (Lipinski definition) is 2. The van der Waals surface area contributed by atoms with Crippen LogP contribution in [0, 0.1) is 5.92 Å². The summed E-state index contributed by atoms with van der Waals surface area (Å²) in [5, 5.41) is 6.87. The Morgan fingerprint density at radius 1 is 1.29 bits per heavy atom. The Hall–Kier alpha value is -0.300. The zero-order valence-corrected chi connectivity index (χ0v) is 16.6. The summed E-state index contributed by atoms with van der Waals surface area (Å²) in [5.74, 6) is 1.66. The zero-order chi connectivity index (χ0) is 15.0. The summed E-state index contributed by atoms with van der Waals surface area (Å²) in [6.45, 7) is 8.41. The normalized spacial score (nSPS) is 17.2. The molecule has 0 amide bonds. The molecular weight excluding hydrogens is 375 g/mol. The third-order valence-corrected chi connectivity index (χ3v) is 3.63. The minimum Gasteiger partial charge on any atom is -0.357 e. The Morgan fingerprint density at radius 2 is 1.90 bits per heavy atom. The van der Waals surface area contributed by atoms with Gasteiger partial charge in [-0.1, -0.05) is 26.0 Å². The van der Waals surface area contributed by atoms with Crippen LogP contribution in [0.4, 0.5) is 0 Å². The monoisotopic (exact) mass is 408 g/mol. The van der Waals surface area contributed by atoms with Gasteiger partial charge in [0.05, 0.1) is 6.54 Å². The van der Waals surface area contributed by atoms with E-state index in [1.54, 1.807) is 0 Å². The van der Waals surface area contributed by atoms with Crippen LogP contribution in [0.2, 0.25) is 0 Å². The van der Waals surface area contributed by atoms with Crippen molar-refractivity contribution in [2.45, 2.75) is 52.1 Å². The summed E-state index contributed by atoms with van der Waals surface area (Å²) in [7, 11) is 4.29. The van der Waals surface area contributed by atoms with Gasteiger partial charge >= 0.3 is 0 Å². The molecule has 5 heteroatoms. The molecule has 0 fully saturated rings. The van der Waals surface area contributed by atoms with Gasteiger partial charge in [0.2, 0.25) is 0 Å². The largest absolute Gasteiger partial charge is 0.357 e. The lowest BCUT2D eigenvalue weighted by Gasteiger charge is -2.25. The summed E-state index contributed by atoms with van der Waals surface area (Å²) >= 11 is 0. The molecule has 0 heterocycles. The lowest BCUT2D eigenvalue weighted by atomic mass is 10.0. The quantitative estimate of drug-likeness (QED) is 0.295. The average molecular weight is 408 g/mol. The van der Waals surface area contributed by atoms with Crippen LogP contribution in [-0.4, -0.2) is 50.1 Å². The van der Waals surface area contributed by atoms with E-state index in [9.17, 15) is 0 Å². The smallest absolute Gasteiger partial charge is 0.191 e. The van der Waals surface area contributed by atoms with Crippen molar-refractivity contribution < 1.29 is 0 Å². The van der Waals surface area contributed by atoms with Crippen molar-refractivity contribution in [3.8, 4) is 0 Å². The number of hydrogen-bond donors (Lipinski definition) is 2. The lowest BCUT2D eigenvalue weighted by molar-refractivity contribution is 0.261. The number of nitrogens with one attached hydrogen (secondary N) is 2. The Bertz CT molecular complexity index is 318. The summed E-state index contributed by atoms with van der Waals surface area (Å²) in [4.78, 5) is 7.06. The Morgan fingerprint density at radius 3 is 2.38 bits per heavy atom. The van der Waals surface area contributed by atoms with Gasteiger partial charge in [0.1, 0.15) is 0 Å². The van der Waals surface area contributed by atoms with Crippen molar-refractivity contribution in [3.05, 3.63) is 12.2 Å². The summed E-state index contributed by atoms with van der Waals surface area (Å²) in [6.07, 6.45) is 7.87. The van der Waals surface area contributed by atoms with Gasteiger partial charge in [0.25, 0.3) is 0 Å². The van der Waals surface area contributed by atoms with Gasteiger partial charge in [-0.3, -0.25) is 4.99 Å². The van der Waals surface area contributed by atoms with Crippen molar-refractivity contribution in [1.82, 2.24) is 15.5 Å². The van der Waals surface area contributed by atoms with Gasteiger partial charge in [-0.05, 0) is 46.2 Å². The SMILES string of the molecule is CCNC(=NCC(CC(C)C)N(C)C)NC1CC=CC1.I. The van der Waals surface area contributed by atoms with Crippen molar-refractivity contribution in [2.24, 2.45) is 10.9 Å². The average Bonchev–Trinajstić information content (AvgIpc) is 2.86. The van der Waals surface area contributed by atoms with E-state index in [-0.39, 0.29) is 24.0 Å². The first-order valence-electron chi connectivity index (χ1n) is 7.89. The molecule has 1 atom stereocenters. The van der Waals surface area contributed by atoms with E-state index in [1.807, 2.05) is 0 Å². The lowest BCUT2D eigenvalue weighted by Crippen LogP contribution is -2.43. The molecule has 4 nitrogen and oxygen atoms in total. The van der Waals surface area contributed by atoms with Gasteiger partial charge in [-0.15, -0.1) is 24.0 Å². The summed E-state index contributed by atoms with van der Waals surface area (Å²) in [5.41, 5.74) is 0. The number of guanidine groups is 1. The van der Waals surface area contributed by atoms with E-state index < -0.39 is 0 Å². The molecule has 0 radical (unpaired) electrons. The van der Waals surface area contributed by atoms with E-state index in [1.165, 1.54) is 6.42 Å². The Balaban J connectivity index is 0.00000400. The number of likely N-dealkylation sites (N-methyl/N-ethyl adjacent to an activating group) is 1. The second-order valence-electron chi connectivity index (χ2n) is 6.25. The van der Waals surface area contributed by atoms with E-state index in [4.69, 9.17) is 4.99 Å². The predicted octanol–water partition coefficient (Wildman–Crippen LogP) is 2.85. The van der Waals surface area contributed by atoms with Gasteiger partial charge < -0.3 is 15.5 Å². The molecule has 0 aromatic carbocycles. The maximum Gasteiger partial charge on any atom is 0.191 e. The standard InChI is InChI=1S/C16H32N4.HI/c1-6-17-16(19-14-9-7-8-10-14)18-12-15(20(4)5)11-13(2)3;/h7-8,13-15H,6,9-12H2,1-5H3,(H2,17,18,19);1H. The molecule has 0 aromatic heterocycles. The van der Waals surface area contributed by atoms with Crippen molar-refractivity contribution >= 4 is 29.9 Å². The van der Waals surface area contributed by atoms with E-state index in [0.29, 0.717) is 18.0 Å². The molecular formula is C16H33IN4. The highest BCUT2D eigenvalue weighted by Crippen LogP contribution is 2.10. The molecule has 0 bridgehead atoms. The molecule has 1 aliphatic rings. The molecule has 0 spiro atoms. The molecule has 1 unspecified atom stereocenters. The number of halogens is 1. The number of nitrogens with zero attached hydrogens (tertiary/aromatic N) is 2. The molecule has 21 heavy (non-hydrogen) atoms. The van der Waals surface area contributed by atoms with Crippen LogP contribution < -0.4 is 10.6 Å². The van der Waals surface area contributed by atoms with Gasteiger partial charge in [-0.25, -0.2) is 0 Å². The van der Waals surface area contributed by atoms with E-state index >= 15 is 0 Å². The molecule has 2 N–H and O–H groups in total. The van der Waals surface area contributed by atoms with Gasteiger partial charge in [-0.2, -0.15) is 0 Å². The highest BCUT2D eigenvalue weighted by atomic mass is 127. The van der Waals surface area contributed by atoms with Crippen LogP contribution in [0.25, 0.3) is 0 Å². The molecule has 124 valence electrons. The molecule has 0 saturated heterocycles. The van der Waals surface area contributed by atoms with Crippen LogP contribution in [0.3, 0.4) is 0 Å². The van der Waals surface area contributed by atoms with Gasteiger partial charge in [0.15, 0.2) is 5.96 Å². The molecule has 0 saturated carbocycles. The maximum absolute atomic E-state index is 4.78. The molecule has 0 aliphatic heterocycles. The van der Waals surface area contributed by atoms with Crippen molar-refractivity contribution in [1.29, 1.82) is 0 Å².